The molecule has 0 aliphatic carbocycles. The van der Waals surface area contributed by atoms with Gasteiger partial charge in [0, 0.05) is 12.1 Å². The van der Waals surface area contributed by atoms with Crippen LogP contribution in [0.4, 0.5) is 4.39 Å². The lowest BCUT2D eigenvalue weighted by molar-refractivity contribution is 0.141. The fourth-order valence-corrected chi connectivity index (χ4v) is 0.544. The highest BCUT2D eigenvalue weighted by Crippen LogP contribution is 1.96. The van der Waals surface area contributed by atoms with Gasteiger partial charge in [-0.3, -0.25) is 4.90 Å². The molecule has 0 aliphatic rings. The molecule has 0 bridgehead atoms. The van der Waals surface area contributed by atoms with E-state index >= 15 is 0 Å². The Morgan fingerprint density at radius 1 is 1.83 bits per heavy atom. The molecule has 0 N–H and O–H groups in total. The largest absolute Gasteiger partial charge is 0.274 e. The molecule has 0 saturated carbocycles. The van der Waals surface area contributed by atoms with Crippen molar-refractivity contribution in [2.45, 2.75) is 13.2 Å². The van der Waals surface area contributed by atoms with Crippen LogP contribution in [0, 0.1) is 11.3 Å². The molecule has 0 saturated heterocycles. The van der Waals surface area contributed by atoms with Gasteiger partial charge in [-0.2, -0.15) is 5.26 Å². The van der Waals surface area contributed by atoms with E-state index in [0.29, 0.717) is 12.1 Å². The van der Waals surface area contributed by atoms with Gasteiger partial charge >= 0.3 is 0 Å². The molecule has 0 aromatic rings. The Morgan fingerprint density at radius 2 is 2.42 bits per heavy atom. The van der Waals surface area contributed by atoms with E-state index in [2.05, 4.69) is 6.58 Å². The molecule has 12 heavy (non-hydrogen) atoms. The summed E-state index contributed by atoms with van der Waals surface area (Å²) < 4.78 is 12.5. The highest BCUT2D eigenvalue weighted by atomic mass is 19.1. The highest BCUT2D eigenvalue weighted by molar-refractivity contribution is 5.29. The molecule has 3 heteroatoms. The lowest BCUT2D eigenvalue weighted by atomic mass is 10.3. The van der Waals surface area contributed by atoms with Crippen molar-refractivity contribution in [2.24, 2.45) is 0 Å². The molecule has 0 aliphatic heterocycles. The van der Waals surface area contributed by atoms with E-state index < -0.39 is 6.30 Å². The zero-order valence-corrected chi connectivity index (χ0v) is 7.42. The Balaban J connectivity index is 3.76. The molecule has 1 unspecified atom stereocenters. The number of rotatable bonds is 4. The van der Waals surface area contributed by atoms with Crippen LogP contribution in [-0.2, 0) is 0 Å². The van der Waals surface area contributed by atoms with Crippen LogP contribution in [-0.4, -0.2) is 24.8 Å². The molecular formula is C9H13FN2. The first kappa shape index (κ1) is 10.9. The normalized spacial score (nSPS) is 13.2. The standard InChI is InChI=1S/C9H13FN2/c1-8(7-11)5-4-6-12(3)9(2)10/h4-5,9H,1,6H2,2-3H3/b5-4-. The van der Waals surface area contributed by atoms with Crippen LogP contribution in [0.2, 0.25) is 0 Å². The molecule has 0 amide bonds. The van der Waals surface area contributed by atoms with Crippen LogP contribution in [0.1, 0.15) is 6.92 Å². The van der Waals surface area contributed by atoms with Crippen LogP contribution in [0.3, 0.4) is 0 Å². The van der Waals surface area contributed by atoms with Crippen LogP contribution < -0.4 is 0 Å². The minimum atomic E-state index is -0.968. The first-order valence-corrected chi connectivity index (χ1v) is 3.67. The van der Waals surface area contributed by atoms with Crippen LogP contribution in [0.5, 0.6) is 0 Å². The first-order chi connectivity index (χ1) is 5.57. The van der Waals surface area contributed by atoms with Crippen molar-refractivity contribution in [1.82, 2.24) is 4.90 Å². The minimum Gasteiger partial charge on any atom is -0.274 e. The molecule has 1 atom stereocenters. The number of allylic oxidation sites excluding steroid dienone is 2. The molecule has 66 valence electrons. The fraction of sp³-hybridized carbons (Fsp3) is 0.444. The Bertz CT molecular complexity index is 213. The zero-order chi connectivity index (χ0) is 9.56. The molecular weight excluding hydrogens is 155 g/mol. The molecule has 0 spiro atoms. The van der Waals surface area contributed by atoms with Gasteiger partial charge in [0.2, 0.25) is 0 Å². The summed E-state index contributed by atoms with van der Waals surface area (Å²) in [6.07, 6.45) is 2.32. The maximum Gasteiger partial charge on any atom is 0.150 e. The van der Waals surface area contributed by atoms with Gasteiger partial charge in [0.15, 0.2) is 6.30 Å². The molecule has 0 aromatic heterocycles. The van der Waals surface area contributed by atoms with Gasteiger partial charge in [-0.1, -0.05) is 12.7 Å². The quantitative estimate of drug-likeness (QED) is 0.364. The van der Waals surface area contributed by atoms with E-state index in [9.17, 15) is 4.39 Å². The van der Waals surface area contributed by atoms with Crippen LogP contribution in [0.25, 0.3) is 0 Å². The molecule has 0 aromatic carbocycles. The lowest BCUT2D eigenvalue weighted by Crippen LogP contribution is -2.24. The number of hydrogen-bond acceptors (Lipinski definition) is 2. The van der Waals surface area contributed by atoms with Gasteiger partial charge in [-0.05, 0) is 20.0 Å². The number of nitriles is 1. The summed E-state index contributed by atoms with van der Waals surface area (Å²) in [5.74, 6) is 0. The molecule has 0 radical (unpaired) electrons. The van der Waals surface area contributed by atoms with Crippen molar-refractivity contribution in [1.29, 1.82) is 5.26 Å². The Labute approximate surface area is 72.6 Å². The van der Waals surface area contributed by atoms with E-state index in [1.165, 1.54) is 11.8 Å². The van der Waals surface area contributed by atoms with Crippen molar-refractivity contribution in [3.8, 4) is 6.07 Å². The number of nitrogens with zero attached hydrogens (tertiary/aromatic N) is 2. The summed E-state index contributed by atoms with van der Waals surface area (Å²) in [6.45, 7) is 5.40. The molecule has 0 heterocycles. The van der Waals surface area contributed by atoms with Crippen molar-refractivity contribution in [3.05, 3.63) is 24.3 Å². The van der Waals surface area contributed by atoms with E-state index in [1.807, 2.05) is 6.07 Å². The van der Waals surface area contributed by atoms with Crippen molar-refractivity contribution in [2.75, 3.05) is 13.6 Å². The number of halogens is 1. The molecule has 2 nitrogen and oxygen atoms in total. The third-order valence-corrected chi connectivity index (χ3v) is 1.46. The predicted octanol–water partition coefficient (Wildman–Crippen LogP) is 1.87. The van der Waals surface area contributed by atoms with E-state index in [4.69, 9.17) is 5.26 Å². The Kier molecular flexibility index (Phi) is 4.98. The van der Waals surface area contributed by atoms with Crippen molar-refractivity contribution >= 4 is 0 Å². The second-order valence-corrected chi connectivity index (χ2v) is 2.55. The van der Waals surface area contributed by atoms with Gasteiger partial charge in [0.1, 0.15) is 0 Å². The van der Waals surface area contributed by atoms with Gasteiger partial charge in [0.05, 0.1) is 6.07 Å². The maximum atomic E-state index is 12.5. The Morgan fingerprint density at radius 3 is 2.83 bits per heavy atom. The van der Waals surface area contributed by atoms with Crippen molar-refractivity contribution < 1.29 is 4.39 Å². The Hall–Kier alpha value is -1.14. The van der Waals surface area contributed by atoms with E-state index in [-0.39, 0.29) is 0 Å². The number of likely N-dealkylation sites (N-methyl/N-ethyl adjacent to an activating group) is 1. The summed E-state index contributed by atoms with van der Waals surface area (Å²) in [7, 11) is 1.67. The van der Waals surface area contributed by atoms with Crippen LogP contribution >= 0.6 is 0 Å². The summed E-state index contributed by atoms with van der Waals surface area (Å²) in [5.41, 5.74) is 0.384. The predicted molar refractivity (Wildman–Crippen MR) is 47.1 cm³/mol. The maximum absolute atomic E-state index is 12.5. The van der Waals surface area contributed by atoms with Crippen molar-refractivity contribution in [3.63, 3.8) is 0 Å². The molecule has 0 fully saturated rings. The van der Waals surface area contributed by atoms with E-state index in [1.54, 1.807) is 19.2 Å². The number of alkyl halides is 1. The second kappa shape index (κ2) is 5.50. The average Bonchev–Trinajstić information content (AvgIpc) is 2.03. The zero-order valence-electron chi connectivity index (χ0n) is 7.42. The smallest absolute Gasteiger partial charge is 0.150 e. The van der Waals surface area contributed by atoms with Gasteiger partial charge in [-0.25, -0.2) is 4.39 Å². The average molecular weight is 168 g/mol. The highest BCUT2D eigenvalue weighted by Gasteiger charge is 2.02. The second-order valence-electron chi connectivity index (χ2n) is 2.55. The van der Waals surface area contributed by atoms with Gasteiger partial charge in [-0.15, -0.1) is 0 Å². The summed E-state index contributed by atoms with van der Waals surface area (Å²) in [6, 6.07) is 1.87. The van der Waals surface area contributed by atoms with Gasteiger partial charge in [0.25, 0.3) is 0 Å². The SMILES string of the molecule is C=C(C#N)/C=C\CN(C)C(C)F. The first-order valence-electron chi connectivity index (χ1n) is 3.67. The molecule has 0 rings (SSSR count). The summed E-state index contributed by atoms with van der Waals surface area (Å²) in [5, 5.41) is 8.32. The lowest BCUT2D eigenvalue weighted by Gasteiger charge is -2.14. The third kappa shape index (κ3) is 4.64. The summed E-state index contributed by atoms with van der Waals surface area (Å²) >= 11 is 0. The minimum absolute atomic E-state index is 0.384. The van der Waals surface area contributed by atoms with Crippen LogP contribution in [0.15, 0.2) is 24.3 Å². The van der Waals surface area contributed by atoms with E-state index in [0.717, 1.165) is 0 Å². The number of hydrogen-bond donors (Lipinski definition) is 0. The van der Waals surface area contributed by atoms with Gasteiger partial charge < -0.3 is 0 Å². The summed E-state index contributed by atoms with van der Waals surface area (Å²) in [4.78, 5) is 1.52. The monoisotopic (exact) mass is 168 g/mol. The topological polar surface area (TPSA) is 27.0 Å². The third-order valence-electron chi connectivity index (χ3n) is 1.46. The fourth-order valence-electron chi connectivity index (χ4n) is 0.544.